The lowest BCUT2D eigenvalue weighted by Crippen LogP contribution is -2.46. The van der Waals surface area contributed by atoms with Gasteiger partial charge in [-0.3, -0.25) is 9.59 Å². The Bertz CT molecular complexity index is 615. The van der Waals surface area contributed by atoms with E-state index in [0.29, 0.717) is 25.6 Å². The van der Waals surface area contributed by atoms with Crippen LogP contribution in [0.4, 0.5) is 0 Å². The van der Waals surface area contributed by atoms with E-state index in [9.17, 15) is 9.59 Å². The summed E-state index contributed by atoms with van der Waals surface area (Å²) in [4.78, 5) is 28.8. The molecule has 1 N–H and O–H groups in total. The Kier molecular flexibility index (Phi) is 7.29. The lowest BCUT2D eigenvalue weighted by Gasteiger charge is -2.33. The van der Waals surface area contributed by atoms with E-state index in [1.807, 2.05) is 36.2 Å². The maximum atomic E-state index is 12.7. The van der Waals surface area contributed by atoms with Gasteiger partial charge >= 0.3 is 0 Å². The molecule has 2 fully saturated rings. The maximum absolute atomic E-state index is 12.7. The molecule has 2 heterocycles. The predicted octanol–water partition coefficient (Wildman–Crippen LogP) is 1.68. The van der Waals surface area contributed by atoms with Gasteiger partial charge < -0.3 is 19.9 Å². The zero-order valence-electron chi connectivity index (χ0n) is 15.4. The second-order valence-electron chi connectivity index (χ2n) is 6.91. The average molecular weight is 382 g/mol. The van der Waals surface area contributed by atoms with Crippen LogP contribution in [-0.4, -0.2) is 61.4 Å². The van der Waals surface area contributed by atoms with Gasteiger partial charge in [0.05, 0.1) is 13.0 Å². The van der Waals surface area contributed by atoms with E-state index < -0.39 is 0 Å². The molecule has 2 aliphatic heterocycles. The molecule has 0 aromatic heterocycles. The molecule has 7 heteroatoms. The molecule has 0 radical (unpaired) electrons. The van der Waals surface area contributed by atoms with Crippen molar-refractivity contribution in [2.45, 2.75) is 31.8 Å². The number of benzene rings is 1. The third-order valence-electron chi connectivity index (χ3n) is 5.31. The molecule has 2 saturated heterocycles. The van der Waals surface area contributed by atoms with E-state index in [1.54, 1.807) is 12.0 Å². The number of hydrogen-bond donors (Lipinski definition) is 1. The fourth-order valence-corrected chi connectivity index (χ4v) is 3.69. The molecule has 1 atom stereocenters. The number of ether oxygens (including phenoxy) is 1. The van der Waals surface area contributed by atoms with Crippen molar-refractivity contribution in [1.82, 2.24) is 15.1 Å². The van der Waals surface area contributed by atoms with Crippen molar-refractivity contribution < 1.29 is 14.3 Å². The van der Waals surface area contributed by atoms with Crippen molar-refractivity contribution in [2.75, 3.05) is 33.8 Å². The largest absolute Gasteiger partial charge is 0.497 e. The number of nitrogens with zero attached hydrogens (tertiary/aromatic N) is 2. The summed E-state index contributed by atoms with van der Waals surface area (Å²) in [7, 11) is 3.60. The van der Waals surface area contributed by atoms with Gasteiger partial charge in [0.1, 0.15) is 5.75 Å². The number of halogens is 1. The summed E-state index contributed by atoms with van der Waals surface area (Å²) in [6.45, 7) is 2.64. The second-order valence-corrected chi connectivity index (χ2v) is 6.91. The number of carbonyl (C=O) groups is 2. The van der Waals surface area contributed by atoms with Gasteiger partial charge in [-0.25, -0.2) is 0 Å². The van der Waals surface area contributed by atoms with Crippen LogP contribution < -0.4 is 10.1 Å². The van der Waals surface area contributed by atoms with Crippen LogP contribution in [0.25, 0.3) is 0 Å². The first-order valence-corrected chi connectivity index (χ1v) is 8.97. The van der Waals surface area contributed by atoms with Gasteiger partial charge in [-0.2, -0.15) is 0 Å². The first-order valence-electron chi connectivity index (χ1n) is 8.97. The van der Waals surface area contributed by atoms with Crippen LogP contribution in [0.15, 0.2) is 24.3 Å². The summed E-state index contributed by atoms with van der Waals surface area (Å²) < 4.78 is 5.16. The fourth-order valence-electron chi connectivity index (χ4n) is 3.69. The molecule has 3 rings (SSSR count). The van der Waals surface area contributed by atoms with Crippen molar-refractivity contribution >= 4 is 24.2 Å². The topological polar surface area (TPSA) is 61.9 Å². The Morgan fingerprint density at radius 2 is 1.88 bits per heavy atom. The zero-order valence-corrected chi connectivity index (χ0v) is 16.3. The number of rotatable bonds is 5. The molecule has 0 spiro atoms. The first kappa shape index (κ1) is 20.5. The SMILES string of the molecule is CNC1CCN(C(=O)C2CC(=O)N(Cc3ccc(OC)cc3)C2)CC1.Cl. The monoisotopic (exact) mass is 381 g/mol. The number of carbonyl (C=O) groups excluding carboxylic acids is 2. The average Bonchev–Trinajstić information content (AvgIpc) is 3.02. The van der Waals surface area contributed by atoms with Gasteiger partial charge in [0, 0.05) is 38.6 Å². The van der Waals surface area contributed by atoms with Gasteiger partial charge in [-0.15, -0.1) is 12.4 Å². The Hall–Kier alpha value is -1.79. The third-order valence-corrected chi connectivity index (χ3v) is 5.31. The maximum Gasteiger partial charge on any atom is 0.227 e. The molecule has 1 unspecified atom stereocenters. The van der Waals surface area contributed by atoms with E-state index >= 15 is 0 Å². The minimum Gasteiger partial charge on any atom is -0.497 e. The van der Waals surface area contributed by atoms with Gasteiger partial charge in [0.2, 0.25) is 11.8 Å². The van der Waals surface area contributed by atoms with Crippen molar-refractivity contribution in [3.63, 3.8) is 0 Å². The Labute approximate surface area is 161 Å². The van der Waals surface area contributed by atoms with Crippen LogP contribution in [0.3, 0.4) is 0 Å². The minimum atomic E-state index is -0.197. The number of hydrogen-bond acceptors (Lipinski definition) is 4. The lowest BCUT2D eigenvalue weighted by molar-refractivity contribution is -0.136. The van der Waals surface area contributed by atoms with Crippen molar-refractivity contribution in [3.05, 3.63) is 29.8 Å². The molecule has 2 amide bonds. The van der Waals surface area contributed by atoms with E-state index in [-0.39, 0.29) is 30.1 Å². The molecule has 144 valence electrons. The fraction of sp³-hybridized carbons (Fsp3) is 0.579. The molecule has 0 saturated carbocycles. The van der Waals surface area contributed by atoms with Gasteiger partial charge in [0.15, 0.2) is 0 Å². The highest BCUT2D eigenvalue weighted by Gasteiger charge is 2.37. The minimum absolute atomic E-state index is 0. The molecule has 0 aliphatic carbocycles. The van der Waals surface area contributed by atoms with Crippen LogP contribution in [0.2, 0.25) is 0 Å². The summed E-state index contributed by atoms with van der Waals surface area (Å²) in [6, 6.07) is 8.21. The number of methoxy groups -OCH3 is 1. The highest BCUT2D eigenvalue weighted by Crippen LogP contribution is 2.24. The summed E-state index contributed by atoms with van der Waals surface area (Å²) in [6.07, 6.45) is 2.30. The normalized spacial score (nSPS) is 20.8. The zero-order chi connectivity index (χ0) is 17.8. The molecule has 26 heavy (non-hydrogen) atoms. The third kappa shape index (κ3) is 4.68. The number of piperidine rings is 1. The summed E-state index contributed by atoms with van der Waals surface area (Å²) in [5.41, 5.74) is 1.05. The molecule has 6 nitrogen and oxygen atoms in total. The second kappa shape index (κ2) is 9.24. The quantitative estimate of drug-likeness (QED) is 0.842. The van der Waals surface area contributed by atoms with Crippen molar-refractivity contribution in [1.29, 1.82) is 0 Å². The van der Waals surface area contributed by atoms with Crippen LogP contribution >= 0.6 is 12.4 Å². The van der Waals surface area contributed by atoms with Crippen LogP contribution in [0.1, 0.15) is 24.8 Å². The highest BCUT2D eigenvalue weighted by atomic mass is 35.5. The van der Waals surface area contributed by atoms with E-state index in [2.05, 4.69) is 5.32 Å². The van der Waals surface area contributed by atoms with Gasteiger partial charge in [-0.1, -0.05) is 12.1 Å². The summed E-state index contributed by atoms with van der Waals surface area (Å²) in [5.74, 6) is 0.811. The molecular weight excluding hydrogens is 354 g/mol. The van der Waals surface area contributed by atoms with E-state index in [4.69, 9.17) is 4.74 Å². The van der Waals surface area contributed by atoms with E-state index in [1.165, 1.54) is 0 Å². The molecule has 1 aromatic carbocycles. The number of likely N-dealkylation sites (tertiary alicyclic amines) is 2. The first-order chi connectivity index (χ1) is 12.1. The van der Waals surface area contributed by atoms with Gasteiger partial charge in [0.25, 0.3) is 0 Å². The lowest BCUT2D eigenvalue weighted by atomic mass is 10.0. The van der Waals surface area contributed by atoms with Crippen molar-refractivity contribution in [2.24, 2.45) is 5.92 Å². The highest BCUT2D eigenvalue weighted by molar-refractivity contribution is 5.89. The van der Waals surface area contributed by atoms with Crippen LogP contribution in [0, 0.1) is 5.92 Å². The summed E-state index contributed by atoms with van der Waals surface area (Å²) >= 11 is 0. The molecule has 2 aliphatic rings. The Morgan fingerprint density at radius 3 is 2.46 bits per heavy atom. The van der Waals surface area contributed by atoms with E-state index in [0.717, 1.165) is 37.2 Å². The summed E-state index contributed by atoms with van der Waals surface area (Å²) in [5, 5.41) is 3.27. The van der Waals surface area contributed by atoms with Crippen LogP contribution in [-0.2, 0) is 16.1 Å². The molecular formula is C19H28ClN3O3. The number of nitrogens with one attached hydrogen (secondary N) is 1. The standard InChI is InChI=1S/C19H27N3O3.ClH/c1-20-16-7-9-21(10-8-16)19(24)15-11-18(23)22(13-15)12-14-3-5-17(25-2)6-4-14;/h3-6,15-16,20H,7-13H2,1-2H3;1H. The Morgan fingerprint density at radius 1 is 1.23 bits per heavy atom. The number of amides is 2. The predicted molar refractivity (Wildman–Crippen MR) is 102 cm³/mol. The molecule has 1 aromatic rings. The smallest absolute Gasteiger partial charge is 0.227 e. The van der Waals surface area contributed by atoms with Gasteiger partial charge in [-0.05, 0) is 37.6 Å². The molecule has 0 bridgehead atoms. The van der Waals surface area contributed by atoms with Crippen LogP contribution in [0.5, 0.6) is 5.75 Å². The Balaban J connectivity index is 0.00000243. The van der Waals surface area contributed by atoms with Crippen molar-refractivity contribution in [3.8, 4) is 5.75 Å².